The van der Waals surface area contributed by atoms with E-state index in [1.165, 1.54) is 0 Å². The lowest BCUT2D eigenvalue weighted by atomic mass is 9.83. The van der Waals surface area contributed by atoms with Crippen LogP contribution in [0.4, 0.5) is 5.82 Å². The Morgan fingerprint density at radius 1 is 1.16 bits per heavy atom. The SMILES string of the molecule is CC(C)(C)[S@@](=O)N[C@@H]1c2ccccc2OC12CCN(c1cnc3nc(Cl)ccc3n1)CC2. The molecule has 5 rings (SSSR count). The van der Waals surface area contributed by atoms with Crippen LogP contribution in [0.1, 0.15) is 45.2 Å². The van der Waals surface area contributed by atoms with Gasteiger partial charge in [-0.3, -0.25) is 0 Å². The number of anilines is 1. The van der Waals surface area contributed by atoms with E-state index in [1.54, 1.807) is 12.3 Å². The minimum absolute atomic E-state index is 0.130. The van der Waals surface area contributed by atoms with Gasteiger partial charge in [-0.25, -0.2) is 23.9 Å². The van der Waals surface area contributed by atoms with E-state index in [9.17, 15) is 4.21 Å². The third-order valence-electron chi connectivity index (χ3n) is 6.14. The van der Waals surface area contributed by atoms with Crippen LogP contribution in [0.2, 0.25) is 5.15 Å². The molecule has 0 amide bonds. The number of aromatic nitrogens is 3. The summed E-state index contributed by atoms with van der Waals surface area (Å²) in [6, 6.07) is 11.5. The van der Waals surface area contributed by atoms with Crippen molar-refractivity contribution in [3.05, 3.63) is 53.3 Å². The summed E-state index contributed by atoms with van der Waals surface area (Å²) in [5, 5.41) is 0.406. The number of pyridine rings is 1. The number of nitrogens with zero attached hydrogens (tertiary/aromatic N) is 4. The molecule has 0 bridgehead atoms. The van der Waals surface area contributed by atoms with Crippen molar-refractivity contribution in [3.8, 4) is 5.75 Å². The smallest absolute Gasteiger partial charge is 0.179 e. The Morgan fingerprint density at radius 2 is 1.91 bits per heavy atom. The van der Waals surface area contributed by atoms with Crippen LogP contribution >= 0.6 is 11.6 Å². The molecule has 2 aliphatic heterocycles. The number of rotatable bonds is 3. The molecule has 1 fully saturated rings. The van der Waals surface area contributed by atoms with Gasteiger partial charge in [-0.1, -0.05) is 29.8 Å². The van der Waals surface area contributed by atoms with Crippen LogP contribution < -0.4 is 14.4 Å². The molecule has 9 heteroatoms. The molecular formula is C23H26ClN5O2S. The van der Waals surface area contributed by atoms with Gasteiger partial charge >= 0.3 is 0 Å². The largest absolute Gasteiger partial charge is 0.485 e. The number of benzene rings is 1. The number of hydrogen-bond donors (Lipinski definition) is 1. The lowest BCUT2D eigenvalue weighted by Gasteiger charge is -2.42. The molecule has 32 heavy (non-hydrogen) atoms. The summed E-state index contributed by atoms with van der Waals surface area (Å²) in [5.41, 5.74) is 1.89. The molecule has 2 atom stereocenters. The molecule has 7 nitrogen and oxygen atoms in total. The Balaban J connectivity index is 1.39. The lowest BCUT2D eigenvalue weighted by Crippen LogP contribution is -2.54. The molecule has 0 aliphatic carbocycles. The molecular weight excluding hydrogens is 446 g/mol. The summed E-state index contributed by atoms with van der Waals surface area (Å²) >= 11 is 5.96. The molecule has 4 heterocycles. The predicted molar refractivity (Wildman–Crippen MR) is 127 cm³/mol. The summed E-state index contributed by atoms with van der Waals surface area (Å²) in [6.07, 6.45) is 3.30. The van der Waals surface area contributed by atoms with Crippen molar-refractivity contribution in [1.29, 1.82) is 0 Å². The Bertz CT molecular complexity index is 1190. The van der Waals surface area contributed by atoms with Gasteiger partial charge in [0.05, 0.1) is 28.0 Å². The van der Waals surface area contributed by atoms with Crippen LogP contribution in [0.5, 0.6) is 5.75 Å². The molecule has 2 aliphatic rings. The Labute approximate surface area is 195 Å². The van der Waals surface area contributed by atoms with Crippen LogP contribution in [-0.2, 0) is 11.0 Å². The van der Waals surface area contributed by atoms with Crippen molar-refractivity contribution in [3.63, 3.8) is 0 Å². The summed E-state index contributed by atoms with van der Waals surface area (Å²) in [6.45, 7) is 7.46. The zero-order chi connectivity index (χ0) is 22.5. The maximum Gasteiger partial charge on any atom is 0.179 e. The van der Waals surface area contributed by atoms with E-state index in [0.29, 0.717) is 10.8 Å². The van der Waals surface area contributed by atoms with Crippen molar-refractivity contribution < 1.29 is 8.95 Å². The van der Waals surface area contributed by atoms with E-state index in [0.717, 1.165) is 48.6 Å². The van der Waals surface area contributed by atoms with E-state index >= 15 is 0 Å². The normalized spacial score (nSPS) is 20.9. The summed E-state index contributed by atoms with van der Waals surface area (Å²) < 4.78 is 22.6. The number of ether oxygens (including phenoxy) is 1. The van der Waals surface area contributed by atoms with E-state index in [4.69, 9.17) is 21.3 Å². The quantitative estimate of drug-likeness (QED) is 0.576. The number of hydrogen-bond acceptors (Lipinski definition) is 6. The first-order valence-corrected chi connectivity index (χ1v) is 12.3. The van der Waals surface area contributed by atoms with Gasteiger partial charge in [-0.15, -0.1) is 0 Å². The molecule has 0 unspecified atom stereocenters. The Morgan fingerprint density at radius 3 is 2.66 bits per heavy atom. The minimum atomic E-state index is -1.21. The number of nitrogens with one attached hydrogen (secondary N) is 1. The number of halogens is 1. The van der Waals surface area contributed by atoms with Crippen LogP contribution in [0.3, 0.4) is 0 Å². The highest BCUT2D eigenvalue weighted by Gasteiger charge is 2.51. The van der Waals surface area contributed by atoms with E-state index in [2.05, 4.69) is 25.7 Å². The van der Waals surface area contributed by atoms with Gasteiger partial charge in [0.1, 0.15) is 27.8 Å². The molecule has 1 N–H and O–H groups in total. The highest BCUT2D eigenvalue weighted by Crippen LogP contribution is 2.49. The van der Waals surface area contributed by atoms with E-state index in [1.807, 2.05) is 45.0 Å². The van der Waals surface area contributed by atoms with Crippen molar-refractivity contribution in [2.45, 2.75) is 50.0 Å². The second-order valence-electron chi connectivity index (χ2n) is 9.33. The van der Waals surface area contributed by atoms with Gasteiger partial charge in [0.2, 0.25) is 0 Å². The number of piperidine rings is 1. The fraction of sp³-hybridized carbons (Fsp3) is 0.435. The molecule has 168 valence electrons. The van der Waals surface area contributed by atoms with E-state index < -0.39 is 16.6 Å². The summed E-state index contributed by atoms with van der Waals surface area (Å²) in [5.74, 6) is 1.69. The molecule has 1 aromatic carbocycles. The van der Waals surface area contributed by atoms with Gasteiger partial charge in [0, 0.05) is 31.5 Å². The van der Waals surface area contributed by atoms with Crippen molar-refractivity contribution in [2.24, 2.45) is 0 Å². The molecule has 3 aromatic rings. The van der Waals surface area contributed by atoms with Crippen LogP contribution in [0, 0.1) is 0 Å². The van der Waals surface area contributed by atoms with Crippen LogP contribution in [0.15, 0.2) is 42.6 Å². The van der Waals surface area contributed by atoms with Crippen molar-refractivity contribution >= 4 is 39.6 Å². The number of para-hydroxylation sites is 1. The van der Waals surface area contributed by atoms with Gasteiger partial charge in [-0.2, -0.15) is 0 Å². The monoisotopic (exact) mass is 471 g/mol. The fourth-order valence-corrected chi connectivity index (χ4v) is 5.41. The van der Waals surface area contributed by atoms with Gasteiger partial charge in [0.25, 0.3) is 0 Å². The minimum Gasteiger partial charge on any atom is -0.485 e. The molecule has 1 spiro atoms. The Hall–Kier alpha value is -2.29. The van der Waals surface area contributed by atoms with Crippen LogP contribution in [-0.4, -0.2) is 42.6 Å². The molecule has 0 saturated carbocycles. The molecule has 0 radical (unpaired) electrons. The first-order valence-electron chi connectivity index (χ1n) is 10.8. The third-order valence-corrected chi connectivity index (χ3v) is 7.91. The van der Waals surface area contributed by atoms with E-state index in [-0.39, 0.29) is 10.8 Å². The second-order valence-corrected chi connectivity index (χ2v) is 11.7. The summed E-state index contributed by atoms with van der Waals surface area (Å²) in [7, 11) is -1.21. The second kappa shape index (κ2) is 7.93. The fourth-order valence-electron chi connectivity index (χ4n) is 4.36. The summed E-state index contributed by atoms with van der Waals surface area (Å²) in [4.78, 5) is 15.6. The van der Waals surface area contributed by atoms with Crippen molar-refractivity contribution in [2.75, 3.05) is 18.0 Å². The topological polar surface area (TPSA) is 80.2 Å². The highest BCUT2D eigenvalue weighted by atomic mass is 35.5. The maximum absolute atomic E-state index is 13.0. The Kier molecular flexibility index (Phi) is 5.34. The zero-order valence-corrected chi connectivity index (χ0v) is 19.9. The number of fused-ring (bicyclic) bond motifs is 2. The first-order chi connectivity index (χ1) is 15.2. The van der Waals surface area contributed by atoms with Gasteiger partial charge in [-0.05, 0) is 39.0 Å². The lowest BCUT2D eigenvalue weighted by molar-refractivity contribution is 0.0384. The molecule has 1 saturated heterocycles. The van der Waals surface area contributed by atoms with Gasteiger partial charge < -0.3 is 9.64 Å². The first kappa shape index (κ1) is 21.6. The predicted octanol–water partition coefficient (Wildman–Crippen LogP) is 4.20. The average Bonchev–Trinajstić information content (AvgIpc) is 3.06. The molecule has 2 aromatic heterocycles. The highest BCUT2D eigenvalue weighted by molar-refractivity contribution is 7.84. The standard InChI is InChI=1S/C23H26ClN5O2S/c1-22(2,3)32(30)28-20-15-6-4-5-7-17(15)31-23(20)10-12-29(13-11-23)19-14-25-21-16(26-19)8-9-18(24)27-21/h4-9,14,20,28H,10-13H2,1-3H3/t20-,32-/m1/s1. The van der Waals surface area contributed by atoms with Crippen molar-refractivity contribution in [1.82, 2.24) is 19.7 Å². The zero-order valence-electron chi connectivity index (χ0n) is 18.3. The third kappa shape index (κ3) is 3.84. The van der Waals surface area contributed by atoms with Gasteiger partial charge in [0.15, 0.2) is 5.65 Å². The maximum atomic E-state index is 13.0. The average molecular weight is 472 g/mol. The van der Waals surface area contributed by atoms with Crippen LogP contribution in [0.25, 0.3) is 11.2 Å².